The molecule has 0 aliphatic rings. The average Bonchev–Trinajstić information content (AvgIpc) is 2.46. The highest BCUT2D eigenvalue weighted by Crippen LogP contribution is 2.27. The fourth-order valence-electron chi connectivity index (χ4n) is 2.35. The summed E-state index contributed by atoms with van der Waals surface area (Å²) in [6.07, 6.45) is 2.66. The van der Waals surface area contributed by atoms with Gasteiger partial charge >= 0.3 is 0 Å². The highest BCUT2D eigenvalue weighted by molar-refractivity contribution is 5.21. The van der Waals surface area contributed by atoms with Crippen molar-refractivity contribution < 1.29 is 9.50 Å². The molecular weight excluding hydrogens is 241 g/mol. The summed E-state index contributed by atoms with van der Waals surface area (Å²) in [5.74, 6) is -0.163. The Hall–Kier alpha value is -0.930. The first-order chi connectivity index (χ1) is 9.12. The van der Waals surface area contributed by atoms with E-state index in [2.05, 4.69) is 19.2 Å². The van der Waals surface area contributed by atoms with Gasteiger partial charge in [0, 0.05) is 30.2 Å². The van der Waals surface area contributed by atoms with Crippen LogP contribution in [0.4, 0.5) is 4.39 Å². The minimum atomic E-state index is -0.163. The molecule has 0 heterocycles. The van der Waals surface area contributed by atoms with E-state index in [0.29, 0.717) is 12.1 Å². The zero-order valence-corrected chi connectivity index (χ0v) is 12.2. The van der Waals surface area contributed by atoms with Crippen LogP contribution >= 0.6 is 0 Å². The van der Waals surface area contributed by atoms with E-state index in [4.69, 9.17) is 0 Å². The van der Waals surface area contributed by atoms with Crippen LogP contribution in [-0.2, 0) is 0 Å². The fourth-order valence-corrected chi connectivity index (χ4v) is 2.35. The second-order valence-corrected chi connectivity index (χ2v) is 5.23. The van der Waals surface area contributed by atoms with E-state index in [-0.39, 0.29) is 23.9 Å². The molecule has 19 heavy (non-hydrogen) atoms. The zero-order chi connectivity index (χ0) is 14.3. The van der Waals surface area contributed by atoms with Crippen molar-refractivity contribution in [2.45, 2.75) is 46.1 Å². The summed E-state index contributed by atoms with van der Waals surface area (Å²) in [5, 5.41) is 13.0. The van der Waals surface area contributed by atoms with Gasteiger partial charge in [0.15, 0.2) is 0 Å². The Bertz CT molecular complexity index is 369. The summed E-state index contributed by atoms with van der Waals surface area (Å²) >= 11 is 0. The van der Waals surface area contributed by atoms with Gasteiger partial charge in [-0.1, -0.05) is 39.0 Å². The Kier molecular flexibility index (Phi) is 6.46. The molecule has 0 aromatic heterocycles. The van der Waals surface area contributed by atoms with Crippen LogP contribution in [0.1, 0.15) is 51.6 Å². The van der Waals surface area contributed by atoms with Gasteiger partial charge in [0.05, 0.1) is 0 Å². The Morgan fingerprint density at radius 3 is 2.32 bits per heavy atom. The molecule has 0 aliphatic carbocycles. The van der Waals surface area contributed by atoms with Crippen molar-refractivity contribution in [2.75, 3.05) is 13.2 Å². The number of hydrogen-bond donors (Lipinski definition) is 2. The highest BCUT2D eigenvalue weighted by atomic mass is 19.1. The molecule has 108 valence electrons. The molecule has 1 unspecified atom stereocenters. The van der Waals surface area contributed by atoms with Crippen molar-refractivity contribution in [3.05, 3.63) is 35.6 Å². The standard InChI is InChI=1S/C16H26FNO/c1-4-15(13-9-7-8-10-14(13)17)18-11-16(5-2,6-3)12-19/h7-10,15,18-19H,4-6,11-12H2,1-3H3. The van der Waals surface area contributed by atoms with Crippen LogP contribution in [0.15, 0.2) is 24.3 Å². The van der Waals surface area contributed by atoms with Gasteiger partial charge in [0.1, 0.15) is 5.82 Å². The van der Waals surface area contributed by atoms with Crippen LogP contribution in [0.5, 0.6) is 0 Å². The number of halogens is 1. The summed E-state index contributed by atoms with van der Waals surface area (Å²) in [5.41, 5.74) is 0.614. The second kappa shape index (κ2) is 7.61. The van der Waals surface area contributed by atoms with E-state index < -0.39 is 0 Å². The normalized spacial score (nSPS) is 13.5. The van der Waals surface area contributed by atoms with Gasteiger partial charge in [0.25, 0.3) is 0 Å². The first kappa shape index (κ1) is 16.1. The Morgan fingerprint density at radius 2 is 1.84 bits per heavy atom. The summed E-state index contributed by atoms with van der Waals surface area (Å²) in [6.45, 7) is 7.10. The van der Waals surface area contributed by atoms with Crippen LogP contribution < -0.4 is 5.32 Å². The zero-order valence-electron chi connectivity index (χ0n) is 12.2. The van der Waals surface area contributed by atoms with Gasteiger partial charge in [-0.05, 0) is 25.3 Å². The molecule has 0 saturated heterocycles. The van der Waals surface area contributed by atoms with Gasteiger partial charge in [-0.3, -0.25) is 0 Å². The first-order valence-corrected chi connectivity index (χ1v) is 7.21. The molecule has 0 saturated carbocycles. The predicted molar refractivity (Wildman–Crippen MR) is 77.5 cm³/mol. The van der Waals surface area contributed by atoms with Crippen molar-refractivity contribution in [1.29, 1.82) is 0 Å². The van der Waals surface area contributed by atoms with Gasteiger partial charge in [-0.15, -0.1) is 0 Å². The van der Waals surface area contributed by atoms with E-state index in [9.17, 15) is 9.50 Å². The lowest BCUT2D eigenvalue weighted by Crippen LogP contribution is -2.38. The monoisotopic (exact) mass is 267 g/mol. The molecule has 2 nitrogen and oxygen atoms in total. The number of aliphatic hydroxyl groups is 1. The molecule has 1 aromatic carbocycles. The maximum Gasteiger partial charge on any atom is 0.127 e. The smallest absolute Gasteiger partial charge is 0.127 e. The highest BCUT2D eigenvalue weighted by Gasteiger charge is 2.26. The molecular formula is C16H26FNO. The number of hydrogen-bond acceptors (Lipinski definition) is 2. The van der Waals surface area contributed by atoms with Gasteiger partial charge in [-0.25, -0.2) is 4.39 Å². The van der Waals surface area contributed by atoms with E-state index in [1.165, 1.54) is 6.07 Å². The van der Waals surface area contributed by atoms with E-state index in [1.54, 1.807) is 6.07 Å². The van der Waals surface area contributed by atoms with Crippen LogP contribution in [0.25, 0.3) is 0 Å². The fraction of sp³-hybridized carbons (Fsp3) is 0.625. The van der Waals surface area contributed by atoms with Gasteiger partial charge in [0.2, 0.25) is 0 Å². The summed E-state index contributed by atoms with van der Waals surface area (Å²) < 4.78 is 13.8. The lowest BCUT2D eigenvalue weighted by molar-refractivity contribution is 0.109. The van der Waals surface area contributed by atoms with Crippen molar-refractivity contribution in [1.82, 2.24) is 5.32 Å². The molecule has 0 amide bonds. The lowest BCUT2D eigenvalue weighted by Gasteiger charge is -2.32. The van der Waals surface area contributed by atoms with Crippen LogP contribution in [0.3, 0.4) is 0 Å². The Labute approximate surface area is 116 Å². The molecule has 3 heteroatoms. The van der Waals surface area contributed by atoms with Crippen LogP contribution in [-0.4, -0.2) is 18.3 Å². The molecule has 0 bridgehead atoms. The molecule has 0 fully saturated rings. The molecule has 0 radical (unpaired) electrons. The third-order valence-electron chi connectivity index (χ3n) is 4.25. The third kappa shape index (κ3) is 4.02. The summed E-state index contributed by atoms with van der Waals surface area (Å²) in [4.78, 5) is 0. The summed E-state index contributed by atoms with van der Waals surface area (Å²) in [7, 11) is 0. The van der Waals surface area contributed by atoms with E-state index in [1.807, 2.05) is 19.1 Å². The Balaban J connectivity index is 2.76. The van der Waals surface area contributed by atoms with Crippen molar-refractivity contribution in [3.8, 4) is 0 Å². The average molecular weight is 267 g/mol. The number of nitrogens with one attached hydrogen (secondary N) is 1. The number of benzene rings is 1. The van der Waals surface area contributed by atoms with Crippen molar-refractivity contribution >= 4 is 0 Å². The molecule has 1 aromatic rings. The second-order valence-electron chi connectivity index (χ2n) is 5.23. The maximum atomic E-state index is 13.8. The van der Waals surface area contributed by atoms with Gasteiger partial charge in [-0.2, -0.15) is 0 Å². The predicted octanol–water partition coefficient (Wildman–Crippen LogP) is 3.67. The van der Waals surface area contributed by atoms with Crippen LogP contribution in [0.2, 0.25) is 0 Å². The molecule has 1 atom stereocenters. The lowest BCUT2D eigenvalue weighted by atomic mass is 9.83. The minimum absolute atomic E-state index is 0.00484. The molecule has 0 aliphatic heterocycles. The van der Waals surface area contributed by atoms with Crippen molar-refractivity contribution in [2.24, 2.45) is 5.41 Å². The SMILES string of the molecule is CCC(NCC(CC)(CC)CO)c1ccccc1F. The van der Waals surface area contributed by atoms with Gasteiger partial charge < -0.3 is 10.4 Å². The molecule has 0 spiro atoms. The first-order valence-electron chi connectivity index (χ1n) is 7.21. The topological polar surface area (TPSA) is 32.3 Å². The largest absolute Gasteiger partial charge is 0.396 e. The van der Waals surface area contributed by atoms with Crippen molar-refractivity contribution in [3.63, 3.8) is 0 Å². The maximum absolute atomic E-state index is 13.8. The quantitative estimate of drug-likeness (QED) is 0.753. The van der Waals surface area contributed by atoms with E-state index in [0.717, 1.165) is 19.3 Å². The third-order valence-corrected chi connectivity index (χ3v) is 4.25. The Morgan fingerprint density at radius 1 is 1.21 bits per heavy atom. The molecule has 2 N–H and O–H groups in total. The van der Waals surface area contributed by atoms with Crippen LogP contribution in [0, 0.1) is 11.2 Å². The number of rotatable bonds is 8. The summed E-state index contributed by atoms with van der Waals surface area (Å²) in [6, 6.07) is 6.90. The number of aliphatic hydroxyl groups excluding tert-OH is 1. The molecule has 1 rings (SSSR count). The van der Waals surface area contributed by atoms with E-state index >= 15 is 0 Å². The minimum Gasteiger partial charge on any atom is -0.396 e.